The fourth-order valence-electron chi connectivity index (χ4n) is 0.0976. The molecule has 0 fully saturated rings. The quantitative estimate of drug-likeness (QED) is 0.273. The van der Waals surface area contributed by atoms with Crippen molar-refractivity contribution in [1.82, 2.24) is 0 Å². The van der Waals surface area contributed by atoms with Crippen LogP contribution in [0.3, 0.4) is 0 Å². The fraction of sp³-hybridized carbons (Fsp3) is 1.00. The first-order chi connectivity index (χ1) is 43.8. The van der Waals surface area contributed by atoms with E-state index in [1.165, 1.54) is 0 Å². The summed E-state index contributed by atoms with van der Waals surface area (Å²) in [6, 6.07) is 0. The van der Waals surface area contributed by atoms with Crippen LogP contribution in [0.25, 0.3) is 0 Å². The van der Waals surface area contributed by atoms with Crippen LogP contribution < -0.4 is 0 Å². The van der Waals surface area contributed by atoms with Gasteiger partial charge >= 0.3 is 0 Å². The molecule has 0 aromatic heterocycles. The van der Waals surface area contributed by atoms with Gasteiger partial charge in [0.05, 0.1) is 155 Å². The predicted octanol–water partition coefficient (Wildman–Crippen LogP) is 42.4. The van der Waals surface area contributed by atoms with Crippen molar-refractivity contribution < 1.29 is 5.11 Å². The first-order valence-electron chi connectivity index (χ1n) is 17.2. The SMILES string of the molecule is ClCCl.ClCCl.ClCCl.ClCCl.ClCCl.ClCCl.ClCCl.ClCCl.ClCCl.ClCCl.ClCCl.ClCCl.ClCCl.ClCCl.ClCCl.ClCCl.ClCCl.ClCCl.ClCCl.ClCCl.ClCCl.ClCCl.ClCCl.ClCCl.ClCCl.ClCCl.ClCCl.ClCCl.ClCCl.OCCC(Cl)Cl. The Bertz CT molecular complexity index is 297. The van der Waals surface area contributed by atoms with Gasteiger partial charge in [-0.15, -0.1) is 696 Å². The Kier molecular flexibility index (Phi) is 1070. The molecule has 0 rings (SSSR count). The van der Waals surface area contributed by atoms with Gasteiger partial charge in [-0.25, -0.2) is 0 Å². The highest BCUT2D eigenvalue weighted by Gasteiger charge is 1.92. The third-order valence-corrected chi connectivity index (χ3v) is 0.784. The average molecular weight is 2590 g/mol. The molecule has 0 saturated carbocycles. The van der Waals surface area contributed by atoms with E-state index in [2.05, 4.69) is 0 Å². The van der Waals surface area contributed by atoms with Gasteiger partial charge in [0.2, 0.25) is 0 Å². The summed E-state index contributed by atoms with van der Waals surface area (Å²) in [5.41, 5.74) is 0. The Labute approximate surface area is 858 Å². The lowest BCUT2D eigenvalue weighted by Gasteiger charge is -1.90. The number of aliphatic hydroxyl groups excluding tert-OH is 1. The van der Waals surface area contributed by atoms with Crippen LogP contribution in [0.15, 0.2) is 0 Å². The molecule has 0 heterocycles. The van der Waals surface area contributed by atoms with Crippen LogP contribution in [0, 0.1) is 0 Å². The lowest BCUT2D eigenvalue weighted by Crippen LogP contribution is -1.89. The van der Waals surface area contributed by atoms with E-state index in [4.69, 9.17) is 701 Å². The molecule has 93 heavy (non-hydrogen) atoms. The summed E-state index contributed by atoms with van der Waals surface area (Å²) in [6.07, 6.45) is 0.461. The maximum absolute atomic E-state index is 8.07. The van der Waals surface area contributed by atoms with Gasteiger partial charge in [0.1, 0.15) is 4.84 Å². The molecule has 0 unspecified atom stereocenters. The van der Waals surface area contributed by atoms with E-state index in [9.17, 15) is 0 Å². The molecule has 0 radical (unpaired) electrons. The third kappa shape index (κ3) is 3040. The van der Waals surface area contributed by atoms with Crippen molar-refractivity contribution >= 4 is 696 Å². The minimum absolute atomic E-state index is 0.0671. The second-order valence-corrected chi connectivity index (χ2v) is 28.5. The molecule has 61 heteroatoms. The smallest absolute Gasteiger partial charge is 0.110 e. The van der Waals surface area contributed by atoms with Crippen molar-refractivity contribution in [1.29, 1.82) is 0 Å². The van der Waals surface area contributed by atoms with E-state index in [0.29, 0.717) is 6.42 Å². The molecule has 0 aliphatic heterocycles. The summed E-state index contributed by atoms with van der Waals surface area (Å²) in [4.78, 5) is -0.407. The summed E-state index contributed by atoms with van der Waals surface area (Å²) in [6.45, 7) is 0.0671. The van der Waals surface area contributed by atoms with Crippen LogP contribution in [-0.2, 0) is 0 Å². The van der Waals surface area contributed by atoms with Crippen LogP contribution in [-0.4, -0.2) is 171 Å². The number of alkyl halides is 60. The zero-order valence-electron chi connectivity index (χ0n) is 45.6. The molecule has 0 atom stereocenters. The Hall–Kier alpha value is 17.4. The van der Waals surface area contributed by atoms with E-state index in [1.807, 2.05) is 0 Å². The number of hydrogen-bond acceptors (Lipinski definition) is 1. The molecule has 0 aromatic carbocycles. The van der Waals surface area contributed by atoms with Gasteiger partial charge in [-0.2, -0.15) is 0 Å². The number of halogens is 60. The molecule has 1 N–H and O–H groups in total. The van der Waals surface area contributed by atoms with Gasteiger partial charge in [-0.05, 0) is 0 Å². The van der Waals surface area contributed by atoms with E-state index >= 15 is 0 Å². The van der Waals surface area contributed by atoms with E-state index in [0.717, 1.165) is 0 Å². The normalized spacial score (nSPS) is 6.26. The first kappa shape index (κ1) is 204. The summed E-state index contributed by atoms with van der Waals surface area (Å²) in [5, 5.41) is 13.7. The largest absolute Gasteiger partial charge is 0.396 e. The van der Waals surface area contributed by atoms with Crippen LogP contribution in [0.5, 0.6) is 0 Å². The minimum Gasteiger partial charge on any atom is -0.396 e. The van der Waals surface area contributed by atoms with Crippen molar-refractivity contribution in [2.24, 2.45) is 0 Å². The Morgan fingerprint density at radius 2 is 0.151 bits per heavy atom. The molecule has 618 valence electrons. The summed E-state index contributed by atoms with van der Waals surface area (Å²) >= 11 is 287. The molecule has 0 aliphatic rings. The molecule has 0 aromatic rings. The van der Waals surface area contributed by atoms with Crippen molar-refractivity contribution in [3.8, 4) is 0 Å². The van der Waals surface area contributed by atoms with E-state index in [1.54, 1.807) is 0 Å². The minimum atomic E-state index is -0.407. The Morgan fingerprint density at radius 3 is 0.151 bits per heavy atom. The topological polar surface area (TPSA) is 20.2 Å². The molecule has 0 saturated heterocycles. The van der Waals surface area contributed by atoms with Crippen LogP contribution in [0.4, 0.5) is 0 Å². The van der Waals surface area contributed by atoms with Gasteiger partial charge in [-0.1, -0.05) is 0 Å². The van der Waals surface area contributed by atoms with Crippen molar-refractivity contribution in [2.45, 2.75) is 11.3 Å². The van der Waals surface area contributed by atoms with E-state index < -0.39 is 4.84 Å². The molecule has 0 bridgehead atoms. The highest BCUT2D eigenvalue weighted by molar-refractivity contribution is 6.49. The van der Waals surface area contributed by atoms with Gasteiger partial charge in [0.15, 0.2) is 0 Å². The molecule has 1 nitrogen and oxygen atoms in total. The lowest BCUT2D eigenvalue weighted by molar-refractivity contribution is 0.293. The zero-order chi connectivity index (χ0) is 83.5. The van der Waals surface area contributed by atoms with Crippen LogP contribution in [0.2, 0.25) is 0 Å². The van der Waals surface area contributed by atoms with Crippen LogP contribution >= 0.6 is 696 Å². The summed E-state index contributed by atoms with van der Waals surface area (Å²) in [7, 11) is 0. The van der Waals surface area contributed by atoms with E-state index in [-0.39, 0.29) is 161 Å². The molecular formula is C32H64Cl60O. The zero-order valence-corrected chi connectivity index (χ0v) is 91.0. The lowest BCUT2D eigenvalue weighted by atomic mass is 10.5. The standard InChI is InChI=1S/C3H6Cl2O.29CH2Cl2/c4-3(5)1-2-6;29*2-1-3/h3,6H,1-2H2;29*1H2. The highest BCUT2D eigenvalue weighted by atomic mass is 35.6. The summed E-state index contributed by atoms with van der Waals surface area (Å²) < 4.78 is 0. The van der Waals surface area contributed by atoms with Crippen molar-refractivity contribution in [3.05, 3.63) is 0 Å². The van der Waals surface area contributed by atoms with Crippen LogP contribution in [0.1, 0.15) is 6.42 Å². The van der Waals surface area contributed by atoms with Gasteiger partial charge in [0.25, 0.3) is 0 Å². The highest BCUT2D eigenvalue weighted by Crippen LogP contribution is 2.04. The van der Waals surface area contributed by atoms with Crippen molar-refractivity contribution in [3.63, 3.8) is 0 Å². The second kappa shape index (κ2) is 487. The fourth-order valence-corrected chi connectivity index (χ4v) is 0.293. The Balaban J connectivity index is -0.0000000158. The molecular weight excluding hydrogens is 2530 g/mol. The third-order valence-electron chi connectivity index (χ3n) is 0.347. The maximum atomic E-state index is 8.07. The monoisotopic (exact) mass is 2560 g/mol. The molecule has 0 spiro atoms. The average Bonchev–Trinajstić information content (AvgIpc) is 3.43. The number of rotatable bonds is 2. The first-order valence-corrected chi connectivity index (χ1v) is 49.0. The Morgan fingerprint density at radius 1 is 0.118 bits per heavy atom. The second-order valence-electron chi connectivity index (χ2n) is 3.83. The van der Waals surface area contributed by atoms with Gasteiger partial charge in [0, 0.05) is 13.0 Å². The van der Waals surface area contributed by atoms with Gasteiger partial charge < -0.3 is 5.11 Å². The predicted molar refractivity (Wildman–Crippen MR) is 508 cm³/mol. The number of hydrogen-bond donors (Lipinski definition) is 1. The molecule has 0 aliphatic carbocycles. The summed E-state index contributed by atoms with van der Waals surface area (Å²) in [5.74, 6) is 0. The van der Waals surface area contributed by atoms with Gasteiger partial charge in [-0.3, -0.25) is 0 Å². The number of aliphatic hydroxyl groups is 1. The maximum Gasteiger partial charge on any atom is 0.110 e. The van der Waals surface area contributed by atoms with Crippen molar-refractivity contribution in [2.75, 3.05) is 161 Å². The molecule has 0 amide bonds.